The van der Waals surface area contributed by atoms with Gasteiger partial charge in [0.1, 0.15) is 4.90 Å². The molecule has 0 spiro atoms. The molecule has 4 nitrogen and oxygen atoms in total. The van der Waals surface area contributed by atoms with E-state index in [0.717, 1.165) is 13.0 Å². The average molecular weight is 365 g/mol. The number of rotatable bonds is 5. The van der Waals surface area contributed by atoms with Gasteiger partial charge in [-0.3, -0.25) is 0 Å². The Hall–Kier alpha value is -0.540. The topological polar surface area (TPSA) is 72.2 Å². The maximum atomic E-state index is 12.2. The molecule has 0 saturated heterocycles. The molecule has 120 valence electrons. The third-order valence-corrected chi connectivity index (χ3v) is 4.87. The van der Waals surface area contributed by atoms with Crippen molar-refractivity contribution in [2.24, 2.45) is 5.73 Å². The van der Waals surface area contributed by atoms with Gasteiger partial charge in [-0.25, -0.2) is 13.1 Å². The maximum absolute atomic E-state index is 12.2. The van der Waals surface area contributed by atoms with Crippen LogP contribution in [0, 0.1) is 0 Å². The van der Waals surface area contributed by atoms with Gasteiger partial charge in [0, 0.05) is 17.6 Å². The molecule has 1 atom stereocenters. The van der Waals surface area contributed by atoms with E-state index in [0.29, 0.717) is 0 Å². The summed E-state index contributed by atoms with van der Waals surface area (Å²) in [4.78, 5) is -0.397. The summed E-state index contributed by atoms with van der Waals surface area (Å²) in [6, 6.07) is 1.11. The molecule has 1 unspecified atom stereocenters. The van der Waals surface area contributed by atoms with E-state index in [4.69, 9.17) is 28.9 Å². The van der Waals surface area contributed by atoms with Crippen LogP contribution in [0.2, 0.25) is 10.0 Å². The van der Waals surface area contributed by atoms with Gasteiger partial charge in [0.25, 0.3) is 0 Å². The van der Waals surface area contributed by atoms with Gasteiger partial charge >= 0.3 is 6.18 Å². The van der Waals surface area contributed by atoms with E-state index in [1.807, 2.05) is 4.72 Å². The smallest absolute Gasteiger partial charge is 0.326 e. The highest BCUT2D eigenvalue weighted by atomic mass is 35.5. The Kier molecular flexibility index (Phi) is 5.91. The molecule has 10 heteroatoms. The maximum Gasteiger partial charge on any atom is 0.390 e. The Labute approximate surface area is 130 Å². The molecule has 0 aromatic heterocycles. The first-order valence-electron chi connectivity index (χ1n) is 5.73. The van der Waals surface area contributed by atoms with E-state index in [-0.39, 0.29) is 22.2 Å². The predicted octanol–water partition coefficient (Wildman–Crippen LogP) is 3.07. The van der Waals surface area contributed by atoms with Gasteiger partial charge in [-0.1, -0.05) is 23.2 Å². The normalized spacial score (nSPS) is 14.2. The van der Waals surface area contributed by atoms with Gasteiger partial charge in [-0.2, -0.15) is 13.2 Å². The summed E-state index contributed by atoms with van der Waals surface area (Å²) in [5, 5.41) is -0.0858. The molecular formula is C11H13Cl2F3N2O2S. The van der Waals surface area contributed by atoms with Gasteiger partial charge in [0.15, 0.2) is 0 Å². The van der Waals surface area contributed by atoms with E-state index < -0.39 is 33.6 Å². The molecule has 0 radical (unpaired) electrons. The molecule has 1 aromatic rings. The lowest BCUT2D eigenvalue weighted by molar-refractivity contribution is -0.137. The van der Waals surface area contributed by atoms with Crippen LogP contribution in [-0.4, -0.2) is 20.6 Å². The van der Waals surface area contributed by atoms with Crippen molar-refractivity contribution in [3.05, 3.63) is 27.7 Å². The van der Waals surface area contributed by atoms with E-state index >= 15 is 0 Å². The van der Waals surface area contributed by atoms with Crippen LogP contribution in [0.25, 0.3) is 0 Å². The van der Waals surface area contributed by atoms with Crippen LogP contribution >= 0.6 is 23.2 Å². The molecule has 3 N–H and O–H groups in total. The molecule has 0 heterocycles. The van der Waals surface area contributed by atoms with E-state index in [2.05, 4.69) is 0 Å². The Balaban J connectivity index is 3.12. The van der Waals surface area contributed by atoms with Crippen molar-refractivity contribution in [2.75, 3.05) is 0 Å². The van der Waals surface area contributed by atoms with Gasteiger partial charge in [0.05, 0.1) is 11.4 Å². The standard InChI is InChI=1S/C11H13Cl2F3N2O2S/c1-6(4-11(14,15)16)18-21(19,20)9-3-8(12)2-7(5-17)10(9)13/h2-3,6,18H,4-5,17H2,1H3. The lowest BCUT2D eigenvalue weighted by atomic mass is 10.2. The first kappa shape index (κ1) is 18.5. The first-order chi connectivity index (χ1) is 9.46. The number of sulfonamides is 1. The number of halogens is 5. The fraction of sp³-hybridized carbons (Fsp3) is 0.455. The molecule has 0 saturated carbocycles. The number of benzene rings is 1. The lowest BCUT2D eigenvalue weighted by Gasteiger charge is -2.17. The molecule has 0 amide bonds. The Bertz CT molecular complexity index is 621. The van der Waals surface area contributed by atoms with Gasteiger partial charge in [-0.05, 0) is 24.6 Å². The minimum atomic E-state index is -4.48. The highest BCUT2D eigenvalue weighted by molar-refractivity contribution is 7.89. The molecule has 0 fully saturated rings. The molecule has 21 heavy (non-hydrogen) atoms. The van der Waals surface area contributed by atoms with Crippen LogP contribution in [0.1, 0.15) is 18.9 Å². The van der Waals surface area contributed by atoms with Crippen molar-refractivity contribution in [3.8, 4) is 0 Å². The predicted molar refractivity (Wildman–Crippen MR) is 74.8 cm³/mol. The molecule has 1 rings (SSSR count). The molecule has 0 aliphatic carbocycles. The van der Waals surface area contributed by atoms with Crippen LogP contribution in [0.5, 0.6) is 0 Å². The second-order valence-electron chi connectivity index (χ2n) is 4.42. The summed E-state index contributed by atoms with van der Waals surface area (Å²) < 4.78 is 62.9. The zero-order chi connectivity index (χ0) is 16.4. The minimum absolute atomic E-state index is 0.0555. The van der Waals surface area contributed by atoms with Crippen LogP contribution in [0.3, 0.4) is 0 Å². The van der Waals surface area contributed by atoms with Crippen molar-refractivity contribution < 1.29 is 21.6 Å². The van der Waals surface area contributed by atoms with Gasteiger partial charge in [0.2, 0.25) is 10.0 Å². The first-order valence-corrected chi connectivity index (χ1v) is 7.97. The minimum Gasteiger partial charge on any atom is -0.326 e. The highest BCUT2D eigenvalue weighted by Crippen LogP contribution is 2.30. The van der Waals surface area contributed by atoms with E-state index in [9.17, 15) is 21.6 Å². The van der Waals surface area contributed by atoms with E-state index in [1.54, 1.807) is 0 Å². The Morgan fingerprint density at radius 1 is 1.33 bits per heavy atom. The van der Waals surface area contributed by atoms with Crippen molar-refractivity contribution in [2.45, 2.75) is 37.0 Å². The molecule has 0 bridgehead atoms. The average Bonchev–Trinajstić information content (AvgIpc) is 2.28. The third-order valence-electron chi connectivity index (χ3n) is 2.48. The van der Waals surface area contributed by atoms with Gasteiger partial charge < -0.3 is 5.73 Å². The van der Waals surface area contributed by atoms with Crippen LogP contribution < -0.4 is 10.5 Å². The fourth-order valence-corrected chi connectivity index (χ4v) is 3.87. The molecule has 0 aliphatic heterocycles. The summed E-state index contributed by atoms with van der Waals surface area (Å²) >= 11 is 11.7. The van der Waals surface area contributed by atoms with E-state index in [1.165, 1.54) is 6.07 Å². The lowest BCUT2D eigenvalue weighted by Crippen LogP contribution is -2.36. The second kappa shape index (κ2) is 6.70. The zero-order valence-electron chi connectivity index (χ0n) is 10.8. The fourth-order valence-electron chi connectivity index (χ4n) is 1.68. The van der Waals surface area contributed by atoms with Crippen molar-refractivity contribution in [1.29, 1.82) is 0 Å². The summed E-state index contributed by atoms with van der Waals surface area (Å²) in [6.07, 6.45) is -5.78. The molecule has 1 aromatic carbocycles. The van der Waals surface area contributed by atoms with Crippen molar-refractivity contribution in [3.63, 3.8) is 0 Å². The number of hydrogen-bond donors (Lipinski definition) is 2. The third kappa shape index (κ3) is 5.30. The monoisotopic (exact) mass is 364 g/mol. The summed E-state index contributed by atoms with van der Waals surface area (Å²) in [5.41, 5.74) is 5.69. The molecular weight excluding hydrogens is 352 g/mol. The van der Waals surface area contributed by atoms with Crippen LogP contribution in [0.15, 0.2) is 17.0 Å². The Morgan fingerprint density at radius 2 is 1.90 bits per heavy atom. The summed E-state index contributed by atoms with van der Waals surface area (Å²) in [5.74, 6) is 0. The van der Waals surface area contributed by atoms with Gasteiger partial charge in [-0.15, -0.1) is 0 Å². The van der Waals surface area contributed by atoms with Crippen LogP contribution in [0.4, 0.5) is 13.2 Å². The Morgan fingerprint density at radius 3 is 2.38 bits per heavy atom. The zero-order valence-corrected chi connectivity index (χ0v) is 13.2. The number of nitrogens with two attached hydrogens (primary N) is 1. The summed E-state index contributed by atoms with van der Waals surface area (Å²) in [6.45, 7) is 1.05. The summed E-state index contributed by atoms with van der Waals surface area (Å²) in [7, 11) is -4.24. The van der Waals surface area contributed by atoms with Crippen molar-refractivity contribution >= 4 is 33.2 Å². The van der Waals surface area contributed by atoms with Crippen molar-refractivity contribution in [1.82, 2.24) is 4.72 Å². The van der Waals surface area contributed by atoms with Crippen LogP contribution in [-0.2, 0) is 16.6 Å². The quantitative estimate of drug-likeness (QED) is 0.843. The SMILES string of the molecule is CC(CC(F)(F)F)NS(=O)(=O)c1cc(Cl)cc(CN)c1Cl. The number of nitrogens with one attached hydrogen (secondary N) is 1. The number of alkyl halides is 3. The largest absolute Gasteiger partial charge is 0.390 e. The molecule has 0 aliphatic rings. The number of hydrogen-bond acceptors (Lipinski definition) is 3. The second-order valence-corrected chi connectivity index (χ2v) is 6.92. The highest BCUT2D eigenvalue weighted by Gasteiger charge is 2.32.